The van der Waals surface area contributed by atoms with E-state index in [0.29, 0.717) is 16.3 Å². The van der Waals surface area contributed by atoms with Gasteiger partial charge in [-0.1, -0.05) is 18.2 Å². The molecule has 17 heavy (non-hydrogen) atoms. The molecule has 0 saturated heterocycles. The first kappa shape index (κ1) is 11.5. The van der Waals surface area contributed by atoms with Crippen molar-refractivity contribution in [2.24, 2.45) is 0 Å². The van der Waals surface area contributed by atoms with Gasteiger partial charge < -0.3 is 0 Å². The van der Waals surface area contributed by atoms with E-state index in [1.807, 2.05) is 18.2 Å². The molecule has 1 heterocycles. The van der Waals surface area contributed by atoms with E-state index < -0.39 is 10.8 Å². The first-order chi connectivity index (χ1) is 8.29. The summed E-state index contributed by atoms with van der Waals surface area (Å²) in [5.41, 5.74) is 1.55. The third-order valence-electron chi connectivity index (χ3n) is 2.25. The van der Waals surface area contributed by atoms with E-state index in [0.717, 1.165) is 5.56 Å². The fourth-order valence-corrected chi connectivity index (χ4v) is 2.43. The van der Waals surface area contributed by atoms with E-state index in [2.05, 4.69) is 11.1 Å². The Kier molecular flexibility index (Phi) is 3.63. The van der Waals surface area contributed by atoms with Crippen LogP contribution in [-0.2, 0) is 16.6 Å². The average molecular weight is 242 g/mol. The number of rotatable bonds is 3. The predicted molar refractivity (Wildman–Crippen MR) is 65.5 cm³/mol. The van der Waals surface area contributed by atoms with Crippen LogP contribution in [0.15, 0.2) is 53.7 Å². The van der Waals surface area contributed by atoms with Crippen molar-refractivity contribution in [2.75, 3.05) is 0 Å². The molecule has 84 valence electrons. The second-order valence-electron chi connectivity index (χ2n) is 3.47. The summed E-state index contributed by atoms with van der Waals surface area (Å²) < 4.78 is 12.0. The molecule has 0 aliphatic rings. The van der Waals surface area contributed by atoms with Crippen LogP contribution < -0.4 is 0 Å². The lowest BCUT2D eigenvalue weighted by atomic mass is 10.2. The van der Waals surface area contributed by atoms with Gasteiger partial charge in [0.05, 0.1) is 28.2 Å². The number of aromatic nitrogens is 1. The van der Waals surface area contributed by atoms with Crippen LogP contribution >= 0.6 is 0 Å². The van der Waals surface area contributed by atoms with Crippen molar-refractivity contribution in [3.05, 3.63) is 59.8 Å². The van der Waals surface area contributed by atoms with Crippen molar-refractivity contribution in [1.29, 1.82) is 5.26 Å². The molecule has 0 spiro atoms. The summed E-state index contributed by atoms with van der Waals surface area (Å²) in [6, 6.07) is 14.5. The molecular formula is C13H10N2OS. The summed E-state index contributed by atoms with van der Waals surface area (Å²) in [4.78, 5) is 4.06. The maximum Gasteiger partial charge on any atom is 0.127 e. The van der Waals surface area contributed by atoms with Gasteiger partial charge in [0.2, 0.25) is 0 Å². The van der Waals surface area contributed by atoms with Crippen LogP contribution in [0.5, 0.6) is 0 Å². The first-order valence-corrected chi connectivity index (χ1v) is 6.40. The summed E-state index contributed by atoms with van der Waals surface area (Å²) in [6.45, 7) is 0. The minimum absolute atomic E-state index is 0.419. The Morgan fingerprint density at radius 2 is 1.94 bits per heavy atom. The molecule has 1 unspecified atom stereocenters. The topological polar surface area (TPSA) is 53.8 Å². The van der Waals surface area contributed by atoms with Crippen LogP contribution in [0.1, 0.15) is 11.1 Å². The zero-order valence-electron chi connectivity index (χ0n) is 9.04. The molecule has 0 radical (unpaired) electrons. The van der Waals surface area contributed by atoms with Gasteiger partial charge >= 0.3 is 0 Å². The maximum absolute atomic E-state index is 12.0. The van der Waals surface area contributed by atoms with Gasteiger partial charge in [0.15, 0.2) is 0 Å². The maximum atomic E-state index is 12.0. The van der Waals surface area contributed by atoms with E-state index in [1.54, 1.807) is 30.5 Å². The molecule has 1 aromatic heterocycles. The van der Waals surface area contributed by atoms with Crippen LogP contribution in [-0.4, -0.2) is 9.19 Å². The molecule has 2 rings (SSSR count). The number of nitriles is 1. The molecule has 0 aliphatic carbocycles. The van der Waals surface area contributed by atoms with Crippen LogP contribution in [0.2, 0.25) is 0 Å². The molecule has 0 fully saturated rings. The molecule has 2 aromatic rings. The van der Waals surface area contributed by atoms with Gasteiger partial charge in [-0.15, -0.1) is 0 Å². The summed E-state index contributed by atoms with van der Waals surface area (Å²) in [7, 11) is -1.14. The van der Waals surface area contributed by atoms with Gasteiger partial charge in [0.1, 0.15) is 5.03 Å². The van der Waals surface area contributed by atoms with Crippen molar-refractivity contribution < 1.29 is 4.21 Å². The van der Waals surface area contributed by atoms with Gasteiger partial charge in [0, 0.05) is 6.20 Å². The third-order valence-corrected chi connectivity index (χ3v) is 3.56. The molecule has 0 N–H and O–H groups in total. The fourth-order valence-electron chi connectivity index (χ4n) is 1.38. The molecule has 3 nitrogen and oxygen atoms in total. The highest BCUT2D eigenvalue weighted by Gasteiger charge is 2.05. The van der Waals surface area contributed by atoms with Gasteiger partial charge in [-0.3, -0.25) is 4.21 Å². The summed E-state index contributed by atoms with van der Waals surface area (Å²) >= 11 is 0. The third kappa shape index (κ3) is 2.99. The standard InChI is InChI=1S/C13H10N2OS/c14-9-11-4-6-12(7-5-11)10-17(16)13-3-1-2-8-15-13/h1-8H,10H2. The molecule has 1 aromatic carbocycles. The molecule has 4 heteroatoms. The predicted octanol–water partition coefficient (Wildman–Crippen LogP) is 2.26. The number of hydrogen-bond acceptors (Lipinski definition) is 3. The molecule has 0 amide bonds. The Balaban J connectivity index is 2.11. The van der Waals surface area contributed by atoms with E-state index >= 15 is 0 Å². The van der Waals surface area contributed by atoms with Crippen molar-refractivity contribution >= 4 is 10.8 Å². The quantitative estimate of drug-likeness (QED) is 0.829. The Morgan fingerprint density at radius 1 is 1.18 bits per heavy atom. The molecule has 0 aliphatic heterocycles. The highest BCUT2D eigenvalue weighted by Crippen LogP contribution is 2.10. The largest absolute Gasteiger partial charge is 0.252 e. The second kappa shape index (κ2) is 5.37. The van der Waals surface area contributed by atoms with Crippen molar-refractivity contribution in [3.8, 4) is 6.07 Å². The number of hydrogen-bond donors (Lipinski definition) is 0. The number of pyridine rings is 1. The molecule has 0 saturated carbocycles. The minimum Gasteiger partial charge on any atom is -0.252 e. The van der Waals surface area contributed by atoms with E-state index in [9.17, 15) is 4.21 Å². The first-order valence-electron chi connectivity index (χ1n) is 5.08. The smallest absolute Gasteiger partial charge is 0.127 e. The zero-order chi connectivity index (χ0) is 12.1. The molecular weight excluding hydrogens is 232 g/mol. The van der Waals surface area contributed by atoms with Gasteiger partial charge in [-0.25, -0.2) is 4.98 Å². The summed E-state index contributed by atoms with van der Waals surface area (Å²) in [5.74, 6) is 0.419. The fraction of sp³-hybridized carbons (Fsp3) is 0.0769. The van der Waals surface area contributed by atoms with Crippen molar-refractivity contribution in [1.82, 2.24) is 4.98 Å². The Morgan fingerprint density at radius 3 is 2.53 bits per heavy atom. The monoisotopic (exact) mass is 242 g/mol. The Labute approximate surface area is 102 Å². The SMILES string of the molecule is N#Cc1ccc(CS(=O)c2ccccn2)cc1. The number of nitrogens with zero attached hydrogens (tertiary/aromatic N) is 2. The second-order valence-corrected chi connectivity index (χ2v) is 4.86. The summed E-state index contributed by atoms with van der Waals surface area (Å²) in [6.07, 6.45) is 1.63. The lowest BCUT2D eigenvalue weighted by molar-refractivity contribution is 0.680. The van der Waals surface area contributed by atoms with Crippen molar-refractivity contribution in [2.45, 2.75) is 10.8 Å². The lowest BCUT2D eigenvalue weighted by Gasteiger charge is -2.01. The van der Waals surface area contributed by atoms with E-state index in [4.69, 9.17) is 5.26 Å². The van der Waals surface area contributed by atoms with Crippen LogP contribution in [0.3, 0.4) is 0 Å². The van der Waals surface area contributed by atoms with E-state index in [1.165, 1.54) is 0 Å². The van der Waals surface area contributed by atoms with Crippen LogP contribution in [0.4, 0.5) is 0 Å². The van der Waals surface area contributed by atoms with E-state index in [-0.39, 0.29) is 0 Å². The van der Waals surface area contributed by atoms with Gasteiger partial charge in [-0.05, 0) is 29.8 Å². The minimum atomic E-state index is -1.14. The average Bonchev–Trinajstić information content (AvgIpc) is 2.40. The van der Waals surface area contributed by atoms with Gasteiger partial charge in [-0.2, -0.15) is 5.26 Å². The van der Waals surface area contributed by atoms with Crippen molar-refractivity contribution in [3.63, 3.8) is 0 Å². The summed E-state index contributed by atoms with van der Waals surface area (Å²) in [5, 5.41) is 9.25. The highest BCUT2D eigenvalue weighted by molar-refractivity contribution is 7.84. The zero-order valence-corrected chi connectivity index (χ0v) is 9.85. The van der Waals surface area contributed by atoms with Crippen LogP contribution in [0.25, 0.3) is 0 Å². The number of benzene rings is 1. The van der Waals surface area contributed by atoms with Gasteiger partial charge in [0.25, 0.3) is 0 Å². The molecule has 1 atom stereocenters. The Bertz CT molecular complexity index is 558. The lowest BCUT2D eigenvalue weighted by Crippen LogP contribution is -1.98. The molecule has 0 bridgehead atoms. The Hall–Kier alpha value is -1.99. The van der Waals surface area contributed by atoms with Crippen LogP contribution in [0, 0.1) is 11.3 Å². The normalized spacial score (nSPS) is 11.7. The highest BCUT2D eigenvalue weighted by atomic mass is 32.2.